The molecule has 0 spiro atoms. The Morgan fingerprint density at radius 2 is 2.31 bits per heavy atom. The summed E-state index contributed by atoms with van der Waals surface area (Å²) < 4.78 is 0.831. The van der Waals surface area contributed by atoms with E-state index in [1.807, 2.05) is 0 Å². The van der Waals surface area contributed by atoms with Gasteiger partial charge in [0.25, 0.3) is 0 Å². The zero-order valence-electron chi connectivity index (χ0n) is 7.88. The molecule has 1 heterocycles. The first kappa shape index (κ1) is 10.9. The molecule has 0 bridgehead atoms. The number of nitrogens with one attached hydrogen (secondary N) is 1. The van der Waals surface area contributed by atoms with Crippen LogP contribution in [0.3, 0.4) is 0 Å². The van der Waals surface area contributed by atoms with Gasteiger partial charge >= 0.3 is 0 Å². The normalized spacial score (nSPS) is 12.8. The Bertz CT molecular complexity index is 251. The summed E-state index contributed by atoms with van der Waals surface area (Å²) in [6.45, 7) is 4.37. The average Bonchev–Trinajstić information content (AvgIpc) is 2.48. The molecule has 1 aromatic rings. The van der Waals surface area contributed by atoms with Crippen molar-refractivity contribution in [1.29, 1.82) is 0 Å². The van der Waals surface area contributed by atoms with E-state index in [1.165, 1.54) is 30.6 Å². The summed E-state index contributed by atoms with van der Waals surface area (Å²) in [7, 11) is 0. The van der Waals surface area contributed by atoms with Crippen molar-refractivity contribution in [3.05, 3.63) is 3.92 Å². The van der Waals surface area contributed by atoms with E-state index in [9.17, 15) is 0 Å². The Balaban J connectivity index is 2.31. The fourth-order valence-corrected chi connectivity index (χ4v) is 2.18. The van der Waals surface area contributed by atoms with Gasteiger partial charge in [0.05, 0.1) is 0 Å². The number of halogens is 1. The van der Waals surface area contributed by atoms with Crippen LogP contribution < -0.4 is 5.32 Å². The van der Waals surface area contributed by atoms with Crippen molar-refractivity contribution in [2.45, 2.75) is 39.2 Å². The lowest BCUT2D eigenvalue weighted by molar-refractivity contribution is 0.644. The third-order valence-corrected chi connectivity index (χ3v) is 3.05. The third-order valence-electron chi connectivity index (χ3n) is 1.76. The van der Waals surface area contributed by atoms with Crippen LogP contribution in [-0.2, 0) is 0 Å². The molecule has 1 aromatic heterocycles. The van der Waals surface area contributed by atoms with Gasteiger partial charge in [0, 0.05) is 6.04 Å². The summed E-state index contributed by atoms with van der Waals surface area (Å²) in [4.78, 5) is 0. The summed E-state index contributed by atoms with van der Waals surface area (Å²) in [6.07, 6.45) is 3.69. The topological polar surface area (TPSA) is 37.8 Å². The molecule has 5 heteroatoms. The summed E-state index contributed by atoms with van der Waals surface area (Å²) in [6, 6.07) is 0.486. The molecular formula is C8H14BrN3S. The number of nitrogens with zero attached hydrogens (tertiary/aromatic N) is 2. The molecule has 74 valence electrons. The Hall–Kier alpha value is -0.160. The molecule has 0 fully saturated rings. The van der Waals surface area contributed by atoms with Gasteiger partial charge in [-0.15, -0.1) is 10.2 Å². The SMILES string of the molecule is CCCCC(C)Nc1nnc(Br)s1. The smallest absolute Gasteiger partial charge is 0.206 e. The van der Waals surface area contributed by atoms with E-state index in [-0.39, 0.29) is 0 Å². The minimum atomic E-state index is 0.486. The molecule has 13 heavy (non-hydrogen) atoms. The van der Waals surface area contributed by atoms with E-state index >= 15 is 0 Å². The summed E-state index contributed by atoms with van der Waals surface area (Å²) in [5, 5.41) is 12.1. The second-order valence-electron chi connectivity index (χ2n) is 3.05. The molecule has 1 atom stereocenters. The first-order valence-corrected chi connectivity index (χ1v) is 6.09. The predicted octanol–water partition coefficient (Wildman–Crippen LogP) is 3.29. The zero-order chi connectivity index (χ0) is 9.68. The number of aromatic nitrogens is 2. The fraction of sp³-hybridized carbons (Fsp3) is 0.750. The van der Waals surface area contributed by atoms with Crippen molar-refractivity contribution in [3.8, 4) is 0 Å². The van der Waals surface area contributed by atoms with Crippen molar-refractivity contribution in [3.63, 3.8) is 0 Å². The Labute approximate surface area is 91.1 Å². The molecule has 1 unspecified atom stereocenters. The molecule has 0 aliphatic rings. The average molecular weight is 264 g/mol. The quantitative estimate of drug-likeness (QED) is 0.886. The molecule has 0 radical (unpaired) electrons. The summed E-state index contributed by atoms with van der Waals surface area (Å²) >= 11 is 4.81. The van der Waals surface area contributed by atoms with Crippen LogP contribution in [0, 0.1) is 0 Å². The first-order valence-electron chi connectivity index (χ1n) is 4.48. The monoisotopic (exact) mass is 263 g/mol. The Morgan fingerprint density at radius 3 is 2.85 bits per heavy atom. The molecular weight excluding hydrogens is 250 g/mol. The molecule has 1 N–H and O–H groups in total. The van der Waals surface area contributed by atoms with E-state index in [1.54, 1.807) is 0 Å². The van der Waals surface area contributed by atoms with Crippen LogP contribution in [0.2, 0.25) is 0 Å². The van der Waals surface area contributed by atoms with Crippen LogP contribution in [0.4, 0.5) is 5.13 Å². The van der Waals surface area contributed by atoms with Gasteiger partial charge in [-0.25, -0.2) is 0 Å². The number of hydrogen-bond acceptors (Lipinski definition) is 4. The van der Waals surface area contributed by atoms with Gasteiger partial charge in [-0.1, -0.05) is 31.1 Å². The highest BCUT2D eigenvalue weighted by molar-refractivity contribution is 9.11. The van der Waals surface area contributed by atoms with Crippen molar-refractivity contribution in [2.24, 2.45) is 0 Å². The van der Waals surface area contributed by atoms with Crippen molar-refractivity contribution in [1.82, 2.24) is 10.2 Å². The first-order chi connectivity index (χ1) is 6.22. The van der Waals surface area contributed by atoms with Crippen LogP contribution in [0.1, 0.15) is 33.1 Å². The van der Waals surface area contributed by atoms with Crippen LogP contribution in [0.15, 0.2) is 3.92 Å². The molecule has 0 aromatic carbocycles. The Kier molecular flexibility index (Phi) is 4.66. The predicted molar refractivity (Wildman–Crippen MR) is 60.2 cm³/mol. The van der Waals surface area contributed by atoms with E-state index < -0.39 is 0 Å². The van der Waals surface area contributed by atoms with Crippen LogP contribution in [0.5, 0.6) is 0 Å². The highest BCUT2D eigenvalue weighted by Crippen LogP contribution is 2.21. The summed E-state index contributed by atoms with van der Waals surface area (Å²) in [5.41, 5.74) is 0. The molecule has 0 aliphatic carbocycles. The maximum Gasteiger partial charge on any atom is 0.206 e. The molecule has 3 nitrogen and oxygen atoms in total. The highest BCUT2D eigenvalue weighted by atomic mass is 79.9. The fourth-order valence-electron chi connectivity index (χ4n) is 1.06. The molecule has 0 aliphatic heterocycles. The van der Waals surface area contributed by atoms with Gasteiger partial charge in [-0.05, 0) is 29.3 Å². The molecule has 0 saturated heterocycles. The highest BCUT2D eigenvalue weighted by Gasteiger charge is 2.05. The summed E-state index contributed by atoms with van der Waals surface area (Å²) in [5.74, 6) is 0. The van der Waals surface area contributed by atoms with Gasteiger partial charge in [0.1, 0.15) is 0 Å². The minimum absolute atomic E-state index is 0.486. The third kappa shape index (κ3) is 4.04. The second-order valence-corrected chi connectivity index (χ2v) is 5.30. The van der Waals surface area contributed by atoms with E-state index in [0.29, 0.717) is 6.04 Å². The Morgan fingerprint density at radius 1 is 1.54 bits per heavy atom. The lowest BCUT2D eigenvalue weighted by Gasteiger charge is -2.10. The zero-order valence-corrected chi connectivity index (χ0v) is 10.3. The van der Waals surface area contributed by atoms with Crippen LogP contribution in [-0.4, -0.2) is 16.2 Å². The second kappa shape index (κ2) is 5.54. The molecule has 1 rings (SSSR count). The molecule has 0 saturated carbocycles. The van der Waals surface area contributed by atoms with E-state index in [4.69, 9.17) is 0 Å². The maximum absolute atomic E-state index is 3.97. The number of rotatable bonds is 5. The van der Waals surface area contributed by atoms with Crippen molar-refractivity contribution < 1.29 is 0 Å². The van der Waals surface area contributed by atoms with E-state index in [0.717, 1.165) is 9.05 Å². The largest absolute Gasteiger partial charge is 0.358 e. The van der Waals surface area contributed by atoms with Gasteiger partial charge < -0.3 is 5.32 Å². The van der Waals surface area contributed by atoms with Crippen molar-refractivity contribution in [2.75, 3.05) is 5.32 Å². The van der Waals surface area contributed by atoms with Gasteiger partial charge in [0.15, 0.2) is 3.92 Å². The minimum Gasteiger partial charge on any atom is -0.358 e. The van der Waals surface area contributed by atoms with Gasteiger partial charge in [-0.2, -0.15) is 0 Å². The number of anilines is 1. The van der Waals surface area contributed by atoms with Crippen LogP contribution >= 0.6 is 27.3 Å². The molecule has 0 amide bonds. The van der Waals surface area contributed by atoms with Crippen molar-refractivity contribution >= 4 is 32.4 Å². The lowest BCUT2D eigenvalue weighted by Crippen LogP contribution is -2.14. The number of unbranched alkanes of at least 4 members (excludes halogenated alkanes) is 1. The lowest BCUT2D eigenvalue weighted by atomic mass is 10.1. The van der Waals surface area contributed by atoms with E-state index in [2.05, 4.69) is 45.3 Å². The maximum atomic E-state index is 3.97. The van der Waals surface area contributed by atoms with Gasteiger partial charge in [-0.3, -0.25) is 0 Å². The van der Waals surface area contributed by atoms with Gasteiger partial charge in [0.2, 0.25) is 5.13 Å². The van der Waals surface area contributed by atoms with Crippen LogP contribution in [0.25, 0.3) is 0 Å². The standard InChI is InChI=1S/C8H14BrN3S/c1-3-4-5-6(2)10-8-12-11-7(9)13-8/h6H,3-5H2,1-2H3,(H,10,12). The number of hydrogen-bond donors (Lipinski definition) is 1.